The first-order chi connectivity index (χ1) is 11.5. The summed E-state index contributed by atoms with van der Waals surface area (Å²) in [7, 11) is 1.41. The topological polar surface area (TPSA) is 85.0 Å². The largest absolute Gasteiger partial charge is 0.507 e. The fraction of sp³-hybridized carbons (Fsp3) is 0.611. The van der Waals surface area contributed by atoms with Crippen LogP contribution in [0.4, 0.5) is 4.79 Å². The number of aryl methyl sites for hydroxylation is 1. The fourth-order valence-corrected chi connectivity index (χ4v) is 3.86. The maximum atomic E-state index is 11.6. The third kappa shape index (κ3) is 3.08. The second-order valence-corrected chi connectivity index (χ2v) is 6.70. The number of fused-ring (bicyclic) bond motifs is 1. The van der Waals surface area contributed by atoms with Crippen molar-refractivity contribution in [2.24, 2.45) is 11.7 Å². The summed E-state index contributed by atoms with van der Waals surface area (Å²) in [5.41, 5.74) is 8.76. The average Bonchev–Trinajstić information content (AvgIpc) is 2.63. The van der Waals surface area contributed by atoms with Gasteiger partial charge in [0, 0.05) is 31.6 Å². The molecule has 1 aromatic carbocycles. The lowest BCUT2D eigenvalue weighted by Gasteiger charge is -2.40. The van der Waals surface area contributed by atoms with Gasteiger partial charge in [-0.1, -0.05) is 12.1 Å². The van der Waals surface area contributed by atoms with Gasteiger partial charge in [0.1, 0.15) is 5.75 Å². The van der Waals surface area contributed by atoms with Crippen LogP contribution in [-0.2, 0) is 15.9 Å². The smallest absolute Gasteiger partial charge is 0.409 e. The molecule has 3 rings (SSSR count). The number of carbonyl (C=O) groups excluding carboxylic acids is 1. The van der Waals surface area contributed by atoms with Crippen molar-refractivity contribution >= 4 is 6.09 Å². The number of likely N-dealkylation sites (tertiary alicyclic amines) is 1. The van der Waals surface area contributed by atoms with Crippen molar-refractivity contribution in [2.45, 2.75) is 38.4 Å². The highest BCUT2D eigenvalue weighted by Gasteiger charge is 2.36. The molecule has 0 radical (unpaired) electrons. The molecule has 1 amide bonds. The van der Waals surface area contributed by atoms with Gasteiger partial charge in [0.25, 0.3) is 0 Å². The van der Waals surface area contributed by atoms with Crippen LogP contribution >= 0.6 is 0 Å². The number of nitrogens with zero attached hydrogens (tertiary/aromatic N) is 1. The minimum absolute atomic E-state index is 0.0264. The molecule has 6 nitrogen and oxygen atoms in total. The molecule has 1 saturated heterocycles. The maximum Gasteiger partial charge on any atom is 0.409 e. The summed E-state index contributed by atoms with van der Waals surface area (Å²) in [5.74, 6) is 0.722. The van der Waals surface area contributed by atoms with Crippen molar-refractivity contribution in [1.29, 1.82) is 0 Å². The van der Waals surface area contributed by atoms with Gasteiger partial charge in [-0.05, 0) is 36.8 Å². The summed E-state index contributed by atoms with van der Waals surface area (Å²) in [6, 6.07) is 3.92. The van der Waals surface area contributed by atoms with Gasteiger partial charge in [0.05, 0.1) is 19.3 Å². The fourth-order valence-electron chi connectivity index (χ4n) is 3.86. The van der Waals surface area contributed by atoms with Gasteiger partial charge in [0.2, 0.25) is 0 Å². The Morgan fingerprint density at radius 3 is 2.75 bits per heavy atom. The first kappa shape index (κ1) is 17.0. The highest BCUT2D eigenvalue weighted by molar-refractivity contribution is 5.67. The summed E-state index contributed by atoms with van der Waals surface area (Å²) >= 11 is 0. The lowest BCUT2D eigenvalue weighted by atomic mass is 9.83. The number of ether oxygens (including phenoxy) is 2. The van der Waals surface area contributed by atoms with Crippen molar-refractivity contribution < 1.29 is 19.4 Å². The van der Waals surface area contributed by atoms with Gasteiger partial charge >= 0.3 is 6.09 Å². The summed E-state index contributed by atoms with van der Waals surface area (Å²) in [6.45, 7) is 3.66. The van der Waals surface area contributed by atoms with E-state index < -0.39 is 0 Å². The van der Waals surface area contributed by atoms with E-state index in [9.17, 15) is 9.90 Å². The summed E-state index contributed by atoms with van der Waals surface area (Å²) in [4.78, 5) is 13.3. The van der Waals surface area contributed by atoms with Crippen molar-refractivity contribution in [1.82, 2.24) is 4.90 Å². The number of methoxy groups -OCH3 is 1. The Labute approximate surface area is 142 Å². The van der Waals surface area contributed by atoms with Crippen LogP contribution in [0.3, 0.4) is 0 Å². The molecule has 0 aromatic heterocycles. The average molecular weight is 334 g/mol. The Hall–Kier alpha value is -1.79. The Bertz CT molecular complexity index is 611. The number of hydrogen-bond donors (Lipinski definition) is 2. The normalized spacial score (nSPS) is 24.5. The number of aromatic hydroxyl groups is 1. The Morgan fingerprint density at radius 2 is 2.12 bits per heavy atom. The Kier molecular flexibility index (Phi) is 4.96. The minimum atomic E-state index is -0.267. The SMILES string of the molecule is COC(=O)N1CCC([C@@H]2Cc3c(ccc(C)c3O)[C@H](CN)O2)CC1. The van der Waals surface area contributed by atoms with Crippen molar-refractivity contribution in [2.75, 3.05) is 26.7 Å². The Balaban J connectivity index is 1.75. The molecule has 24 heavy (non-hydrogen) atoms. The first-order valence-electron chi connectivity index (χ1n) is 8.55. The zero-order chi connectivity index (χ0) is 17.3. The van der Waals surface area contributed by atoms with Crippen LogP contribution in [0.2, 0.25) is 0 Å². The van der Waals surface area contributed by atoms with Gasteiger partial charge in [-0.25, -0.2) is 4.79 Å². The second kappa shape index (κ2) is 6.99. The van der Waals surface area contributed by atoms with Crippen molar-refractivity contribution in [3.8, 4) is 5.75 Å². The standard InChI is InChI=1S/C18H26N2O4/c1-11-3-4-13-14(17(11)21)9-15(24-16(13)10-19)12-5-7-20(8-6-12)18(22)23-2/h3-4,12,15-16,21H,5-10,19H2,1-2H3/t15-,16-/m0/s1. The summed E-state index contributed by atoms with van der Waals surface area (Å²) in [5, 5.41) is 10.5. The van der Waals surface area contributed by atoms with Crippen LogP contribution < -0.4 is 5.73 Å². The third-order valence-electron chi connectivity index (χ3n) is 5.32. The zero-order valence-corrected chi connectivity index (χ0v) is 14.3. The zero-order valence-electron chi connectivity index (χ0n) is 14.3. The number of amides is 1. The number of hydrogen-bond acceptors (Lipinski definition) is 5. The number of carbonyl (C=O) groups is 1. The first-order valence-corrected chi connectivity index (χ1v) is 8.55. The number of benzene rings is 1. The van der Waals surface area contributed by atoms with E-state index in [-0.39, 0.29) is 18.3 Å². The monoisotopic (exact) mass is 334 g/mol. The molecule has 2 aliphatic rings. The van der Waals surface area contributed by atoms with Gasteiger partial charge in [-0.3, -0.25) is 0 Å². The molecule has 6 heteroatoms. The molecule has 3 N–H and O–H groups in total. The molecule has 1 fully saturated rings. The minimum Gasteiger partial charge on any atom is -0.507 e. The molecule has 0 aliphatic carbocycles. The van der Waals surface area contributed by atoms with E-state index in [1.165, 1.54) is 7.11 Å². The maximum absolute atomic E-state index is 11.6. The van der Waals surface area contributed by atoms with E-state index in [2.05, 4.69) is 0 Å². The van der Waals surface area contributed by atoms with Crippen molar-refractivity contribution in [3.05, 3.63) is 28.8 Å². The predicted molar refractivity (Wildman–Crippen MR) is 89.9 cm³/mol. The van der Waals surface area contributed by atoms with E-state index in [4.69, 9.17) is 15.2 Å². The van der Waals surface area contributed by atoms with Crippen molar-refractivity contribution in [3.63, 3.8) is 0 Å². The lowest BCUT2D eigenvalue weighted by Crippen LogP contribution is -2.44. The molecule has 0 saturated carbocycles. The van der Waals surface area contributed by atoms with Crippen LogP contribution in [0.1, 0.15) is 35.6 Å². The predicted octanol–water partition coefficient (Wildman–Crippen LogP) is 2.12. The number of phenols is 1. The molecule has 2 heterocycles. The van der Waals surface area contributed by atoms with Crippen LogP contribution in [-0.4, -0.2) is 48.9 Å². The van der Waals surface area contributed by atoms with E-state index in [1.807, 2.05) is 19.1 Å². The van der Waals surface area contributed by atoms with Crippen LogP contribution in [0.5, 0.6) is 5.75 Å². The molecule has 1 aromatic rings. The van der Waals surface area contributed by atoms with Gasteiger partial charge < -0.3 is 25.2 Å². The highest BCUT2D eigenvalue weighted by Crippen LogP contribution is 2.40. The third-order valence-corrected chi connectivity index (χ3v) is 5.32. The van der Waals surface area contributed by atoms with E-state index in [0.717, 1.165) is 29.5 Å². The number of piperidine rings is 1. The van der Waals surface area contributed by atoms with Crippen LogP contribution in [0.15, 0.2) is 12.1 Å². The molecule has 0 spiro atoms. The molecule has 2 aliphatic heterocycles. The van der Waals surface area contributed by atoms with E-state index >= 15 is 0 Å². The number of phenolic OH excluding ortho intramolecular Hbond substituents is 1. The molecular weight excluding hydrogens is 308 g/mol. The molecule has 0 unspecified atom stereocenters. The second-order valence-electron chi connectivity index (χ2n) is 6.70. The summed E-state index contributed by atoms with van der Waals surface area (Å²) < 4.78 is 11.0. The van der Waals surface area contributed by atoms with E-state index in [1.54, 1.807) is 4.90 Å². The molecule has 2 atom stereocenters. The molecule has 0 bridgehead atoms. The van der Waals surface area contributed by atoms with E-state index in [0.29, 0.717) is 37.7 Å². The van der Waals surface area contributed by atoms with Gasteiger partial charge in [0.15, 0.2) is 0 Å². The number of nitrogens with two attached hydrogens (primary N) is 1. The molecule has 132 valence electrons. The number of rotatable bonds is 2. The summed E-state index contributed by atoms with van der Waals surface area (Å²) in [6.07, 6.45) is 2.03. The quantitative estimate of drug-likeness (QED) is 0.865. The van der Waals surface area contributed by atoms with Crippen LogP contribution in [0, 0.1) is 12.8 Å². The highest BCUT2D eigenvalue weighted by atomic mass is 16.5. The Morgan fingerprint density at radius 1 is 1.42 bits per heavy atom. The van der Waals surface area contributed by atoms with Gasteiger partial charge in [-0.15, -0.1) is 0 Å². The lowest BCUT2D eigenvalue weighted by molar-refractivity contribution is -0.0637. The van der Waals surface area contributed by atoms with Crippen LogP contribution in [0.25, 0.3) is 0 Å². The van der Waals surface area contributed by atoms with Gasteiger partial charge in [-0.2, -0.15) is 0 Å². The molecular formula is C18H26N2O4.